The zero-order valence-electron chi connectivity index (χ0n) is 27.8. The van der Waals surface area contributed by atoms with Crippen LogP contribution in [-0.2, 0) is 15.3 Å². The highest BCUT2D eigenvalue weighted by atomic mass is 32.2. The van der Waals surface area contributed by atoms with Crippen LogP contribution in [0.5, 0.6) is 11.5 Å². The number of ether oxygens (including phenoxy) is 2. The number of thioether (sulfide) groups is 1. The minimum Gasteiger partial charge on any atom is -0.505 e. The monoisotopic (exact) mass is 705 g/mol. The van der Waals surface area contributed by atoms with Gasteiger partial charge < -0.3 is 14.6 Å². The molecule has 0 radical (unpaired) electrons. The van der Waals surface area contributed by atoms with Gasteiger partial charge in [-0.2, -0.15) is 0 Å². The van der Waals surface area contributed by atoms with Crippen molar-refractivity contribution in [2.75, 3.05) is 18.1 Å². The highest BCUT2D eigenvalue weighted by Gasteiger charge is 2.49. The predicted octanol–water partition coefficient (Wildman–Crippen LogP) is 8.14. The van der Waals surface area contributed by atoms with Gasteiger partial charge in [-0.05, 0) is 66.4 Å². The second-order valence-corrected chi connectivity index (χ2v) is 13.9. The molecular weight excluding hydrogens is 671 g/mol. The second kappa shape index (κ2) is 14.3. The Morgan fingerprint density at radius 3 is 2.62 bits per heavy atom. The van der Waals surface area contributed by atoms with Gasteiger partial charge in [0.05, 0.1) is 30.5 Å². The number of aliphatic hydroxyl groups is 1. The first-order valence-corrected chi connectivity index (χ1v) is 18.3. The van der Waals surface area contributed by atoms with Crippen LogP contribution in [0.1, 0.15) is 55.2 Å². The smallest absolute Gasteiger partial charge is 0.301 e. The van der Waals surface area contributed by atoms with E-state index in [-0.39, 0.29) is 16.5 Å². The van der Waals surface area contributed by atoms with Gasteiger partial charge in [-0.25, -0.2) is 4.98 Å². The fourth-order valence-corrected chi connectivity index (χ4v) is 8.07. The van der Waals surface area contributed by atoms with Crippen LogP contribution in [0.2, 0.25) is 0 Å². The summed E-state index contributed by atoms with van der Waals surface area (Å²) in [5.41, 5.74) is 3.06. The van der Waals surface area contributed by atoms with Crippen molar-refractivity contribution in [2.45, 2.75) is 49.7 Å². The van der Waals surface area contributed by atoms with E-state index in [0.29, 0.717) is 57.4 Å². The summed E-state index contributed by atoms with van der Waals surface area (Å²) in [5, 5.41) is 23.3. The van der Waals surface area contributed by atoms with E-state index in [0.717, 1.165) is 29.2 Å². The summed E-state index contributed by atoms with van der Waals surface area (Å²) < 4.78 is 14.4. The number of aryl methyl sites for hydroxylation is 1. The number of unbranched alkanes of at least 4 members (excludes halogenated alkanes) is 1. The van der Waals surface area contributed by atoms with Crippen molar-refractivity contribution in [3.63, 3.8) is 0 Å². The average molecular weight is 706 g/mol. The normalized spacial score (nSPS) is 15.7. The summed E-state index contributed by atoms with van der Waals surface area (Å²) in [6.45, 7) is 6.62. The lowest BCUT2D eigenvalue weighted by molar-refractivity contribution is -0.132. The molecule has 50 heavy (non-hydrogen) atoms. The van der Waals surface area contributed by atoms with Crippen molar-refractivity contribution < 1.29 is 24.2 Å². The van der Waals surface area contributed by atoms with Crippen LogP contribution in [0, 0.1) is 6.92 Å². The number of aromatic nitrogens is 4. The van der Waals surface area contributed by atoms with Crippen molar-refractivity contribution in [2.24, 2.45) is 0 Å². The maximum absolute atomic E-state index is 14.0. The zero-order chi connectivity index (χ0) is 34.8. The summed E-state index contributed by atoms with van der Waals surface area (Å²) in [6.07, 6.45) is 3.61. The van der Waals surface area contributed by atoms with Crippen molar-refractivity contribution >= 4 is 62.1 Å². The van der Waals surface area contributed by atoms with Crippen LogP contribution < -0.4 is 14.4 Å². The molecule has 1 atom stereocenters. The number of imidazole rings is 1. The van der Waals surface area contributed by atoms with Crippen LogP contribution in [0.25, 0.3) is 22.2 Å². The number of nitrogens with zero attached hydrogens (tertiary/aromatic N) is 5. The van der Waals surface area contributed by atoms with E-state index in [1.165, 1.54) is 28.0 Å². The minimum absolute atomic E-state index is 0.0778. The molecule has 1 aliphatic heterocycles. The van der Waals surface area contributed by atoms with Crippen molar-refractivity contribution in [1.29, 1.82) is 0 Å². The third-order valence-corrected chi connectivity index (χ3v) is 10.6. The Morgan fingerprint density at radius 2 is 1.78 bits per heavy atom. The van der Waals surface area contributed by atoms with Crippen LogP contribution in [0.3, 0.4) is 0 Å². The third kappa shape index (κ3) is 6.20. The summed E-state index contributed by atoms with van der Waals surface area (Å²) >= 11 is 2.73. The molecule has 0 aliphatic carbocycles. The molecule has 6 aromatic rings. The fourth-order valence-electron chi connectivity index (χ4n) is 6.20. The summed E-state index contributed by atoms with van der Waals surface area (Å²) in [7, 11) is 0. The predicted molar refractivity (Wildman–Crippen MR) is 196 cm³/mol. The maximum Gasteiger partial charge on any atom is 0.301 e. The molecule has 254 valence electrons. The van der Waals surface area contributed by atoms with Gasteiger partial charge in [0.2, 0.25) is 5.13 Å². The Morgan fingerprint density at radius 1 is 0.960 bits per heavy atom. The lowest BCUT2D eigenvalue weighted by Crippen LogP contribution is -2.29. The number of aliphatic hydroxyl groups excluding tert-OH is 1. The van der Waals surface area contributed by atoms with Gasteiger partial charge >= 0.3 is 5.91 Å². The number of pyridine rings is 1. The summed E-state index contributed by atoms with van der Waals surface area (Å²) in [6, 6.07) is 24.2. The Balaban J connectivity index is 1.31. The van der Waals surface area contributed by atoms with Crippen LogP contribution in [0.4, 0.5) is 5.13 Å². The van der Waals surface area contributed by atoms with E-state index in [4.69, 9.17) is 9.47 Å². The Labute approximate surface area is 297 Å². The zero-order valence-corrected chi connectivity index (χ0v) is 29.5. The molecule has 1 aliphatic rings. The van der Waals surface area contributed by atoms with E-state index in [2.05, 4.69) is 46.4 Å². The highest BCUT2D eigenvalue weighted by Crippen LogP contribution is 2.46. The summed E-state index contributed by atoms with van der Waals surface area (Å²) in [4.78, 5) is 33.9. The Bertz CT molecular complexity index is 2260. The molecule has 3 aromatic heterocycles. The molecule has 7 rings (SSSR count). The topological polar surface area (TPSA) is 119 Å². The Kier molecular flexibility index (Phi) is 9.55. The van der Waals surface area contributed by atoms with Gasteiger partial charge in [0.1, 0.15) is 11.3 Å². The van der Waals surface area contributed by atoms with Gasteiger partial charge in [-0.1, -0.05) is 91.0 Å². The average Bonchev–Trinajstić information content (AvgIpc) is 3.81. The first kappa shape index (κ1) is 33.3. The molecule has 1 fully saturated rings. The standard InChI is InChI=1S/C38H35N5O5S2/c1-4-6-20-48-28-18-17-25(21-29(28)47-5-2)33-31(34(44)32-23(3)39-30-16-9-10-19-42(30)32)35(45)36(46)43(33)37-40-41-38(50-37)49-22-26-14-11-13-24-12-7-8-15-27(24)26/h7-19,21,33,44H,4-6,20,22H2,1-3H3. The van der Waals surface area contributed by atoms with Gasteiger partial charge in [-0.15, -0.1) is 10.2 Å². The number of fused-ring (bicyclic) bond motifs is 2. The number of rotatable bonds is 12. The van der Waals surface area contributed by atoms with Gasteiger partial charge in [0.25, 0.3) is 5.78 Å². The Hall–Kier alpha value is -5.20. The molecule has 1 N–H and O–H groups in total. The van der Waals surface area contributed by atoms with Crippen LogP contribution >= 0.6 is 23.1 Å². The van der Waals surface area contributed by atoms with E-state index in [1.54, 1.807) is 35.7 Å². The number of Topliss-reactive ketones (excluding diaryl/α,β-unsaturated/α-hetero) is 1. The molecule has 4 heterocycles. The van der Waals surface area contributed by atoms with Crippen LogP contribution in [-0.4, -0.2) is 49.6 Å². The number of anilines is 1. The molecular formula is C38H35N5O5S2. The fraction of sp³-hybridized carbons (Fsp3) is 0.237. The van der Waals surface area contributed by atoms with Gasteiger partial charge in [0, 0.05) is 11.9 Å². The van der Waals surface area contributed by atoms with E-state index >= 15 is 0 Å². The molecule has 0 saturated carbocycles. The first-order valence-electron chi connectivity index (χ1n) is 16.5. The van der Waals surface area contributed by atoms with Crippen LogP contribution in [0.15, 0.2) is 95.0 Å². The number of amides is 1. The molecule has 0 bridgehead atoms. The second-order valence-electron chi connectivity index (χ2n) is 11.8. The van der Waals surface area contributed by atoms with E-state index < -0.39 is 17.7 Å². The number of carbonyl (C=O) groups excluding carboxylic acids is 2. The largest absolute Gasteiger partial charge is 0.505 e. The molecule has 1 unspecified atom stereocenters. The minimum atomic E-state index is -1.03. The highest BCUT2D eigenvalue weighted by molar-refractivity contribution is 8.00. The summed E-state index contributed by atoms with van der Waals surface area (Å²) in [5.74, 6) is -0.306. The SMILES string of the molecule is CCCCOc1ccc(C2C(=C(O)c3c(C)nc4ccccn34)C(=O)C(=O)N2c2nnc(SCc3cccc4ccccc34)s2)cc1OCC. The van der Waals surface area contributed by atoms with E-state index in [9.17, 15) is 14.7 Å². The number of hydrogen-bond donors (Lipinski definition) is 1. The number of benzene rings is 3. The number of ketones is 1. The quantitative estimate of drug-likeness (QED) is 0.0336. The van der Waals surface area contributed by atoms with Crippen molar-refractivity contribution in [3.05, 3.63) is 113 Å². The molecule has 0 spiro atoms. The first-order chi connectivity index (χ1) is 24.4. The molecule has 10 nitrogen and oxygen atoms in total. The van der Waals surface area contributed by atoms with Gasteiger partial charge in [0.15, 0.2) is 21.6 Å². The molecule has 1 amide bonds. The maximum atomic E-state index is 14.0. The van der Waals surface area contributed by atoms with Crippen molar-refractivity contribution in [3.8, 4) is 11.5 Å². The lowest BCUT2D eigenvalue weighted by atomic mass is 9.96. The van der Waals surface area contributed by atoms with E-state index in [1.807, 2.05) is 43.3 Å². The molecule has 12 heteroatoms. The number of hydrogen-bond acceptors (Lipinski definition) is 10. The molecule has 3 aromatic carbocycles. The van der Waals surface area contributed by atoms with Gasteiger partial charge in [-0.3, -0.25) is 18.9 Å². The number of carbonyl (C=O) groups is 2. The third-order valence-electron chi connectivity index (χ3n) is 8.54. The lowest BCUT2D eigenvalue weighted by Gasteiger charge is -2.23. The molecule has 1 saturated heterocycles. The van der Waals surface area contributed by atoms with Crippen molar-refractivity contribution in [1.82, 2.24) is 19.6 Å².